The summed E-state index contributed by atoms with van der Waals surface area (Å²) in [6, 6.07) is 6.67. The predicted octanol–water partition coefficient (Wildman–Crippen LogP) is 1.88. The lowest BCUT2D eigenvalue weighted by Crippen LogP contribution is -2.05. The van der Waals surface area contributed by atoms with Gasteiger partial charge in [-0.3, -0.25) is 0 Å². The molecule has 1 aromatic carbocycles. The summed E-state index contributed by atoms with van der Waals surface area (Å²) in [5, 5.41) is 0. The van der Waals surface area contributed by atoms with Gasteiger partial charge in [-0.1, -0.05) is 30.4 Å². The minimum absolute atomic E-state index is 0.188. The second-order valence-electron chi connectivity index (χ2n) is 2.72. The molecule has 0 saturated carbocycles. The lowest BCUT2D eigenvalue weighted by Gasteiger charge is -2.03. The van der Waals surface area contributed by atoms with Gasteiger partial charge >= 0.3 is 0 Å². The molecule has 0 bridgehead atoms. The van der Waals surface area contributed by atoms with Gasteiger partial charge in [0.1, 0.15) is 5.82 Å². The van der Waals surface area contributed by atoms with Gasteiger partial charge in [0, 0.05) is 6.54 Å². The van der Waals surface area contributed by atoms with Crippen LogP contribution in [-0.4, -0.2) is 6.54 Å². The second kappa shape index (κ2) is 4.02. The zero-order valence-electron chi connectivity index (χ0n) is 6.89. The summed E-state index contributed by atoms with van der Waals surface area (Å²) in [6.45, 7) is 4.13. The number of benzene rings is 1. The van der Waals surface area contributed by atoms with Crippen molar-refractivity contribution >= 4 is 0 Å². The standard InChI is InChI=1S/C10H12FN/c1-8(7-12)6-9-4-2-3-5-10(9)11/h2-5H,1,6-7,12H2. The van der Waals surface area contributed by atoms with E-state index in [2.05, 4.69) is 6.58 Å². The summed E-state index contributed by atoms with van der Waals surface area (Å²) in [4.78, 5) is 0. The molecule has 0 atom stereocenters. The molecule has 1 aromatic rings. The molecule has 0 aliphatic rings. The molecular formula is C10H12FN. The molecule has 0 aromatic heterocycles. The van der Waals surface area contributed by atoms with Crippen molar-refractivity contribution in [3.63, 3.8) is 0 Å². The van der Waals surface area contributed by atoms with Crippen LogP contribution in [-0.2, 0) is 6.42 Å². The molecule has 1 nitrogen and oxygen atoms in total. The predicted molar refractivity (Wildman–Crippen MR) is 48.3 cm³/mol. The van der Waals surface area contributed by atoms with Crippen LogP contribution in [0.25, 0.3) is 0 Å². The Morgan fingerprint density at radius 3 is 2.67 bits per heavy atom. The monoisotopic (exact) mass is 165 g/mol. The lowest BCUT2D eigenvalue weighted by molar-refractivity contribution is 0.613. The van der Waals surface area contributed by atoms with Crippen LogP contribution >= 0.6 is 0 Å². The molecule has 12 heavy (non-hydrogen) atoms. The van der Waals surface area contributed by atoms with E-state index in [0.717, 1.165) is 5.57 Å². The Hall–Kier alpha value is -1.15. The van der Waals surface area contributed by atoms with Crippen LogP contribution in [0.5, 0.6) is 0 Å². The Bertz CT molecular complexity index is 281. The summed E-state index contributed by atoms with van der Waals surface area (Å²) in [5.41, 5.74) is 6.86. The van der Waals surface area contributed by atoms with Crippen molar-refractivity contribution in [3.8, 4) is 0 Å². The van der Waals surface area contributed by atoms with Gasteiger partial charge in [-0.15, -0.1) is 0 Å². The summed E-state index contributed by atoms with van der Waals surface area (Å²) in [6.07, 6.45) is 0.531. The van der Waals surface area contributed by atoms with Crippen molar-refractivity contribution in [3.05, 3.63) is 47.8 Å². The molecule has 0 saturated heterocycles. The van der Waals surface area contributed by atoms with E-state index in [4.69, 9.17) is 5.73 Å². The molecule has 0 heterocycles. The second-order valence-corrected chi connectivity index (χ2v) is 2.72. The number of hydrogen-bond donors (Lipinski definition) is 1. The fourth-order valence-electron chi connectivity index (χ4n) is 0.983. The van der Waals surface area contributed by atoms with Crippen molar-refractivity contribution in [2.24, 2.45) is 5.73 Å². The van der Waals surface area contributed by atoms with Crippen LogP contribution in [0.2, 0.25) is 0 Å². The Balaban J connectivity index is 2.75. The average molecular weight is 165 g/mol. The minimum atomic E-state index is -0.188. The average Bonchev–Trinajstić information content (AvgIpc) is 2.09. The van der Waals surface area contributed by atoms with Gasteiger partial charge in [0.25, 0.3) is 0 Å². The zero-order chi connectivity index (χ0) is 8.97. The molecule has 2 N–H and O–H groups in total. The SMILES string of the molecule is C=C(CN)Cc1ccccc1F. The highest BCUT2D eigenvalue weighted by molar-refractivity contribution is 5.22. The van der Waals surface area contributed by atoms with Crippen LogP contribution < -0.4 is 5.73 Å². The summed E-state index contributed by atoms with van der Waals surface area (Å²) < 4.78 is 13.0. The molecule has 0 radical (unpaired) electrons. The maximum absolute atomic E-state index is 13.0. The van der Waals surface area contributed by atoms with E-state index in [-0.39, 0.29) is 5.82 Å². The van der Waals surface area contributed by atoms with Crippen LogP contribution in [0.1, 0.15) is 5.56 Å². The maximum Gasteiger partial charge on any atom is 0.126 e. The van der Waals surface area contributed by atoms with Gasteiger partial charge in [-0.2, -0.15) is 0 Å². The largest absolute Gasteiger partial charge is 0.327 e. The van der Waals surface area contributed by atoms with E-state index in [9.17, 15) is 4.39 Å². The van der Waals surface area contributed by atoms with Gasteiger partial charge in [0.15, 0.2) is 0 Å². The first-order valence-electron chi connectivity index (χ1n) is 3.84. The highest BCUT2D eigenvalue weighted by Crippen LogP contribution is 2.10. The van der Waals surface area contributed by atoms with Gasteiger partial charge in [-0.05, 0) is 18.1 Å². The summed E-state index contributed by atoms with van der Waals surface area (Å²) >= 11 is 0. The molecule has 1 rings (SSSR count). The number of halogens is 1. The van der Waals surface area contributed by atoms with Crippen molar-refractivity contribution in [2.75, 3.05) is 6.54 Å². The molecule has 0 spiro atoms. The molecule has 0 fully saturated rings. The van der Waals surface area contributed by atoms with E-state index >= 15 is 0 Å². The topological polar surface area (TPSA) is 26.0 Å². The fourth-order valence-corrected chi connectivity index (χ4v) is 0.983. The quantitative estimate of drug-likeness (QED) is 0.680. The molecule has 0 amide bonds. The third-order valence-corrected chi connectivity index (χ3v) is 1.69. The van der Waals surface area contributed by atoms with Gasteiger partial charge in [0.2, 0.25) is 0 Å². The fraction of sp³-hybridized carbons (Fsp3) is 0.200. The van der Waals surface area contributed by atoms with Crippen molar-refractivity contribution in [1.29, 1.82) is 0 Å². The zero-order valence-corrected chi connectivity index (χ0v) is 6.89. The summed E-state index contributed by atoms with van der Waals surface area (Å²) in [7, 11) is 0. The van der Waals surface area contributed by atoms with E-state index in [0.29, 0.717) is 18.5 Å². The van der Waals surface area contributed by atoms with E-state index < -0.39 is 0 Å². The number of hydrogen-bond acceptors (Lipinski definition) is 1. The Labute approximate surface area is 71.7 Å². The van der Waals surface area contributed by atoms with E-state index in [1.54, 1.807) is 12.1 Å². The van der Waals surface area contributed by atoms with E-state index in [1.807, 2.05) is 6.07 Å². The smallest absolute Gasteiger partial charge is 0.126 e. The number of nitrogens with two attached hydrogens (primary N) is 1. The molecule has 0 aliphatic carbocycles. The van der Waals surface area contributed by atoms with Gasteiger partial charge in [-0.25, -0.2) is 4.39 Å². The van der Waals surface area contributed by atoms with Gasteiger partial charge < -0.3 is 5.73 Å². The minimum Gasteiger partial charge on any atom is -0.327 e. The Kier molecular flexibility index (Phi) is 3.00. The first-order chi connectivity index (χ1) is 5.74. The molecule has 0 unspecified atom stereocenters. The number of rotatable bonds is 3. The normalized spacial score (nSPS) is 9.83. The molecule has 2 heteroatoms. The Morgan fingerprint density at radius 1 is 1.42 bits per heavy atom. The lowest BCUT2D eigenvalue weighted by atomic mass is 10.1. The third kappa shape index (κ3) is 2.17. The maximum atomic E-state index is 13.0. The van der Waals surface area contributed by atoms with Crippen molar-refractivity contribution in [2.45, 2.75) is 6.42 Å². The summed E-state index contributed by atoms with van der Waals surface area (Å²) in [5.74, 6) is -0.188. The van der Waals surface area contributed by atoms with Gasteiger partial charge in [0.05, 0.1) is 0 Å². The van der Waals surface area contributed by atoms with Crippen LogP contribution in [0, 0.1) is 5.82 Å². The highest BCUT2D eigenvalue weighted by atomic mass is 19.1. The molecule has 0 aliphatic heterocycles. The van der Waals surface area contributed by atoms with Crippen molar-refractivity contribution < 1.29 is 4.39 Å². The molecule has 64 valence electrons. The van der Waals surface area contributed by atoms with Crippen LogP contribution in [0.4, 0.5) is 4.39 Å². The van der Waals surface area contributed by atoms with Crippen molar-refractivity contribution in [1.82, 2.24) is 0 Å². The third-order valence-electron chi connectivity index (χ3n) is 1.69. The van der Waals surface area contributed by atoms with Crippen LogP contribution in [0.3, 0.4) is 0 Å². The molecular weight excluding hydrogens is 153 g/mol. The Morgan fingerprint density at radius 2 is 2.08 bits per heavy atom. The first kappa shape index (κ1) is 8.94. The van der Waals surface area contributed by atoms with Crippen LogP contribution in [0.15, 0.2) is 36.4 Å². The highest BCUT2D eigenvalue weighted by Gasteiger charge is 2.00. The first-order valence-corrected chi connectivity index (χ1v) is 3.84. The van der Waals surface area contributed by atoms with E-state index in [1.165, 1.54) is 6.07 Å².